The van der Waals surface area contributed by atoms with E-state index < -0.39 is 0 Å². The van der Waals surface area contributed by atoms with Gasteiger partial charge in [0, 0.05) is 24.7 Å². The highest BCUT2D eigenvalue weighted by atomic mass is 16.1. The third kappa shape index (κ3) is 3.86. The lowest BCUT2D eigenvalue weighted by atomic mass is 9.87. The first kappa shape index (κ1) is 14.7. The van der Waals surface area contributed by atoms with Crippen LogP contribution in [-0.4, -0.2) is 19.9 Å². The number of carbonyl (C=O) groups excluding carboxylic acids is 1. The Morgan fingerprint density at radius 1 is 1.22 bits per heavy atom. The van der Waals surface area contributed by atoms with Gasteiger partial charge in [0.2, 0.25) is 0 Å². The van der Waals surface area contributed by atoms with Crippen LogP contribution in [0.1, 0.15) is 39.2 Å². The second-order valence-electron chi connectivity index (χ2n) is 5.40. The summed E-state index contributed by atoms with van der Waals surface area (Å²) in [5, 5.41) is 0. The van der Waals surface area contributed by atoms with E-state index in [9.17, 15) is 4.79 Å². The van der Waals surface area contributed by atoms with Crippen LogP contribution < -0.4 is 4.90 Å². The van der Waals surface area contributed by atoms with Gasteiger partial charge >= 0.3 is 0 Å². The average molecular weight is 247 g/mol. The molecule has 18 heavy (non-hydrogen) atoms. The van der Waals surface area contributed by atoms with Gasteiger partial charge in [0.15, 0.2) is 0 Å². The number of rotatable bonds is 7. The Morgan fingerprint density at radius 3 is 2.28 bits per heavy atom. The van der Waals surface area contributed by atoms with Gasteiger partial charge in [-0.15, -0.1) is 0 Å². The molecule has 1 unspecified atom stereocenters. The van der Waals surface area contributed by atoms with Crippen LogP contribution >= 0.6 is 0 Å². The van der Waals surface area contributed by atoms with E-state index in [0.717, 1.165) is 32.1 Å². The Hall–Kier alpha value is -1.31. The van der Waals surface area contributed by atoms with E-state index in [0.29, 0.717) is 0 Å². The SMILES string of the molecule is CCCC(C)(C=O)CN(C)c1ccc(CC)cc1. The van der Waals surface area contributed by atoms with E-state index in [1.165, 1.54) is 11.3 Å². The third-order valence-corrected chi connectivity index (χ3v) is 3.49. The summed E-state index contributed by atoms with van der Waals surface area (Å²) in [6.45, 7) is 7.09. The second kappa shape index (κ2) is 6.58. The molecule has 0 radical (unpaired) electrons. The Balaban J connectivity index is 2.73. The summed E-state index contributed by atoms with van der Waals surface area (Å²) in [7, 11) is 2.05. The summed E-state index contributed by atoms with van der Waals surface area (Å²) in [4.78, 5) is 13.4. The number of aryl methyl sites for hydroxylation is 1. The number of nitrogens with zero attached hydrogens (tertiary/aromatic N) is 1. The highest BCUT2D eigenvalue weighted by Crippen LogP contribution is 2.24. The van der Waals surface area contributed by atoms with Crippen LogP contribution in [0.15, 0.2) is 24.3 Å². The molecule has 2 nitrogen and oxygen atoms in total. The maximum Gasteiger partial charge on any atom is 0.127 e. The molecule has 1 aromatic carbocycles. The van der Waals surface area contributed by atoms with Crippen molar-refractivity contribution in [3.8, 4) is 0 Å². The summed E-state index contributed by atoms with van der Waals surface area (Å²) in [6, 6.07) is 8.58. The Kier molecular flexibility index (Phi) is 5.39. The minimum absolute atomic E-state index is 0.243. The second-order valence-corrected chi connectivity index (χ2v) is 5.40. The van der Waals surface area contributed by atoms with Crippen LogP contribution in [-0.2, 0) is 11.2 Å². The topological polar surface area (TPSA) is 20.3 Å². The van der Waals surface area contributed by atoms with Crippen molar-refractivity contribution in [1.82, 2.24) is 0 Å². The molecule has 0 fully saturated rings. The molecule has 0 N–H and O–H groups in total. The lowest BCUT2D eigenvalue weighted by Gasteiger charge is -2.30. The van der Waals surface area contributed by atoms with Crippen molar-refractivity contribution >= 4 is 12.0 Å². The zero-order valence-electron chi connectivity index (χ0n) is 12.1. The molecule has 1 aromatic rings. The fraction of sp³-hybridized carbons (Fsp3) is 0.562. The van der Waals surface area contributed by atoms with Crippen LogP contribution in [0.25, 0.3) is 0 Å². The van der Waals surface area contributed by atoms with Gasteiger partial charge in [0.05, 0.1) is 0 Å². The number of hydrogen-bond donors (Lipinski definition) is 0. The van der Waals surface area contributed by atoms with Crippen molar-refractivity contribution in [3.05, 3.63) is 29.8 Å². The molecule has 0 aromatic heterocycles. The molecular weight excluding hydrogens is 222 g/mol. The molecule has 1 atom stereocenters. The van der Waals surface area contributed by atoms with Crippen molar-refractivity contribution in [2.45, 2.75) is 40.0 Å². The summed E-state index contributed by atoms with van der Waals surface area (Å²) in [5.74, 6) is 0. The van der Waals surface area contributed by atoms with E-state index in [2.05, 4.69) is 50.1 Å². The van der Waals surface area contributed by atoms with E-state index in [-0.39, 0.29) is 5.41 Å². The molecule has 100 valence electrons. The third-order valence-electron chi connectivity index (χ3n) is 3.49. The first-order valence-electron chi connectivity index (χ1n) is 6.81. The maximum atomic E-state index is 11.3. The average Bonchev–Trinajstić information content (AvgIpc) is 2.39. The smallest absolute Gasteiger partial charge is 0.127 e. The van der Waals surface area contributed by atoms with Gasteiger partial charge in [-0.05, 0) is 30.5 Å². The van der Waals surface area contributed by atoms with Crippen LogP contribution in [0.3, 0.4) is 0 Å². The minimum Gasteiger partial charge on any atom is -0.374 e. The molecular formula is C16H25NO. The monoisotopic (exact) mass is 247 g/mol. The van der Waals surface area contributed by atoms with Gasteiger partial charge in [-0.3, -0.25) is 0 Å². The number of aldehydes is 1. The minimum atomic E-state index is -0.243. The molecule has 1 rings (SSSR count). The predicted octanol–water partition coefficient (Wildman–Crippen LogP) is 3.69. The molecule has 0 aliphatic carbocycles. The fourth-order valence-corrected chi connectivity index (χ4v) is 2.37. The Labute approximate surface area is 111 Å². The fourth-order valence-electron chi connectivity index (χ4n) is 2.37. The first-order chi connectivity index (χ1) is 8.54. The van der Waals surface area contributed by atoms with E-state index >= 15 is 0 Å². The van der Waals surface area contributed by atoms with Crippen LogP contribution in [0.2, 0.25) is 0 Å². The molecule has 0 saturated carbocycles. The quantitative estimate of drug-likeness (QED) is 0.685. The first-order valence-corrected chi connectivity index (χ1v) is 6.81. The molecule has 0 saturated heterocycles. The predicted molar refractivity (Wildman–Crippen MR) is 78.2 cm³/mol. The van der Waals surface area contributed by atoms with Crippen molar-refractivity contribution in [2.24, 2.45) is 5.41 Å². The number of hydrogen-bond acceptors (Lipinski definition) is 2. The van der Waals surface area contributed by atoms with Crippen molar-refractivity contribution in [3.63, 3.8) is 0 Å². The van der Waals surface area contributed by atoms with Crippen LogP contribution in [0, 0.1) is 5.41 Å². The zero-order valence-corrected chi connectivity index (χ0v) is 12.1. The standard InChI is InChI=1S/C16H25NO/c1-5-11-16(3,13-18)12-17(4)15-9-7-14(6-2)8-10-15/h7-10,13H,5-6,11-12H2,1-4H3. The highest BCUT2D eigenvalue weighted by Gasteiger charge is 2.24. The van der Waals surface area contributed by atoms with E-state index in [1.54, 1.807) is 0 Å². The lowest BCUT2D eigenvalue weighted by Crippen LogP contribution is -2.34. The van der Waals surface area contributed by atoms with Crippen molar-refractivity contribution in [2.75, 3.05) is 18.5 Å². The maximum absolute atomic E-state index is 11.3. The zero-order chi connectivity index (χ0) is 13.6. The summed E-state index contributed by atoms with van der Waals surface area (Å²) < 4.78 is 0. The number of anilines is 1. The van der Waals surface area contributed by atoms with Gasteiger partial charge in [-0.2, -0.15) is 0 Å². The summed E-state index contributed by atoms with van der Waals surface area (Å²) in [6.07, 6.45) is 4.14. The highest BCUT2D eigenvalue weighted by molar-refractivity contribution is 5.61. The molecule has 0 heterocycles. The van der Waals surface area contributed by atoms with Gasteiger partial charge in [0.1, 0.15) is 6.29 Å². The normalized spacial score (nSPS) is 14.0. The largest absolute Gasteiger partial charge is 0.374 e. The number of carbonyl (C=O) groups is 1. The molecule has 0 amide bonds. The number of benzene rings is 1. The molecule has 2 heteroatoms. The van der Waals surface area contributed by atoms with Gasteiger partial charge in [-0.25, -0.2) is 0 Å². The molecule has 0 aliphatic heterocycles. The van der Waals surface area contributed by atoms with Gasteiger partial charge in [0.25, 0.3) is 0 Å². The molecule has 0 spiro atoms. The molecule has 0 bridgehead atoms. The van der Waals surface area contributed by atoms with Gasteiger partial charge < -0.3 is 9.69 Å². The van der Waals surface area contributed by atoms with Gasteiger partial charge in [-0.1, -0.05) is 39.3 Å². The lowest BCUT2D eigenvalue weighted by molar-refractivity contribution is -0.115. The Bertz CT molecular complexity index is 371. The van der Waals surface area contributed by atoms with Crippen LogP contribution in [0.4, 0.5) is 5.69 Å². The summed E-state index contributed by atoms with van der Waals surface area (Å²) >= 11 is 0. The summed E-state index contributed by atoms with van der Waals surface area (Å²) in [5.41, 5.74) is 2.28. The molecule has 0 aliphatic rings. The van der Waals surface area contributed by atoms with Crippen molar-refractivity contribution < 1.29 is 4.79 Å². The van der Waals surface area contributed by atoms with E-state index in [1.807, 2.05) is 6.92 Å². The van der Waals surface area contributed by atoms with Crippen molar-refractivity contribution in [1.29, 1.82) is 0 Å². The Morgan fingerprint density at radius 2 is 1.83 bits per heavy atom. The van der Waals surface area contributed by atoms with Crippen LogP contribution in [0.5, 0.6) is 0 Å². The van der Waals surface area contributed by atoms with E-state index in [4.69, 9.17) is 0 Å².